The number of hydrogen-bond donors (Lipinski definition) is 2. The minimum Gasteiger partial charge on any atom is -0.368 e. The molecule has 0 bridgehead atoms. The monoisotopic (exact) mass is 454 g/mol. The van der Waals surface area contributed by atoms with Crippen molar-refractivity contribution >= 4 is 51.4 Å². The van der Waals surface area contributed by atoms with Crippen molar-refractivity contribution in [1.29, 1.82) is 0 Å². The minimum atomic E-state index is 0.467. The molecule has 2 N–H and O–H groups in total. The van der Waals surface area contributed by atoms with Crippen LogP contribution < -0.4 is 20.4 Å². The van der Waals surface area contributed by atoms with Gasteiger partial charge in [0.05, 0.1) is 5.52 Å². The lowest BCUT2D eigenvalue weighted by atomic mass is 10.2. The van der Waals surface area contributed by atoms with Gasteiger partial charge in [0.15, 0.2) is 5.11 Å². The predicted molar refractivity (Wildman–Crippen MR) is 141 cm³/mol. The van der Waals surface area contributed by atoms with E-state index in [9.17, 15) is 0 Å². The van der Waals surface area contributed by atoms with Gasteiger partial charge in [-0.3, -0.25) is 0 Å². The molecule has 33 heavy (non-hydrogen) atoms. The number of nitrogens with one attached hydrogen (secondary N) is 2. The van der Waals surface area contributed by atoms with Crippen LogP contribution in [-0.4, -0.2) is 41.3 Å². The third-order valence-electron chi connectivity index (χ3n) is 5.82. The molecule has 0 spiro atoms. The lowest BCUT2D eigenvalue weighted by Crippen LogP contribution is -2.47. The van der Waals surface area contributed by atoms with Gasteiger partial charge in [-0.1, -0.05) is 48.0 Å². The van der Waals surface area contributed by atoms with E-state index in [-0.39, 0.29) is 0 Å². The van der Waals surface area contributed by atoms with E-state index in [1.165, 1.54) is 11.3 Å². The molecule has 0 radical (unpaired) electrons. The lowest BCUT2D eigenvalue weighted by Gasteiger charge is -2.37. The van der Waals surface area contributed by atoms with Crippen molar-refractivity contribution < 1.29 is 0 Å². The first-order valence-electron chi connectivity index (χ1n) is 11.1. The molecule has 1 aliphatic heterocycles. The van der Waals surface area contributed by atoms with Crippen LogP contribution in [0.4, 0.5) is 23.1 Å². The first kappa shape index (κ1) is 21.2. The smallest absolute Gasteiger partial charge is 0.231 e. The summed E-state index contributed by atoms with van der Waals surface area (Å²) in [5, 5.41) is 7.90. The number of aromatic nitrogens is 2. The summed E-state index contributed by atoms with van der Waals surface area (Å²) >= 11 is 5.52. The van der Waals surface area contributed by atoms with E-state index in [4.69, 9.17) is 22.2 Å². The van der Waals surface area contributed by atoms with Crippen molar-refractivity contribution in [1.82, 2.24) is 9.97 Å². The standard InChI is InChI=1S/C26H26N6S/c1-19-11-13-20(14-12-19)27-26(33)30-25-28-23-10-6-5-9-22(23)24(29-25)32-17-15-31(16-18-32)21-7-3-2-4-8-21/h2-14H,15-18H2,1H3,(H2,27,28,29,30,33). The van der Waals surface area contributed by atoms with Gasteiger partial charge in [-0.15, -0.1) is 0 Å². The number of fused-ring (bicyclic) bond motifs is 1. The van der Waals surface area contributed by atoms with Gasteiger partial charge in [0, 0.05) is 42.9 Å². The highest BCUT2D eigenvalue weighted by molar-refractivity contribution is 7.80. The van der Waals surface area contributed by atoms with E-state index in [2.05, 4.69) is 63.8 Å². The van der Waals surface area contributed by atoms with Crippen molar-refractivity contribution in [2.45, 2.75) is 6.92 Å². The van der Waals surface area contributed by atoms with E-state index in [1.807, 2.05) is 42.5 Å². The molecule has 0 saturated carbocycles. The predicted octanol–water partition coefficient (Wildman–Crippen LogP) is 5.07. The molecule has 0 unspecified atom stereocenters. The number of anilines is 4. The Bertz CT molecular complexity index is 1250. The second kappa shape index (κ2) is 9.42. The quantitative estimate of drug-likeness (QED) is 0.417. The summed E-state index contributed by atoms with van der Waals surface area (Å²) in [6.07, 6.45) is 0. The largest absolute Gasteiger partial charge is 0.368 e. The number of aryl methyl sites for hydroxylation is 1. The van der Waals surface area contributed by atoms with Gasteiger partial charge in [-0.05, 0) is 55.5 Å². The fourth-order valence-corrected chi connectivity index (χ4v) is 4.28. The van der Waals surface area contributed by atoms with Crippen molar-refractivity contribution in [3.63, 3.8) is 0 Å². The van der Waals surface area contributed by atoms with Crippen molar-refractivity contribution in [2.24, 2.45) is 0 Å². The Morgan fingerprint density at radius 1 is 0.758 bits per heavy atom. The number of thiocarbonyl (C=S) groups is 1. The van der Waals surface area contributed by atoms with Crippen LogP contribution in [0.1, 0.15) is 5.56 Å². The van der Waals surface area contributed by atoms with E-state index in [0.717, 1.165) is 48.6 Å². The second-order valence-corrected chi connectivity index (χ2v) is 8.55. The number of para-hydroxylation sites is 2. The van der Waals surface area contributed by atoms with Crippen LogP contribution in [0.5, 0.6) is 0 Å². The Balaban J connectivity index is 1.35. The van der Waals surface area contributed by atoms with Crippen LogP contribution in [0.2, 0.25) is 0 Å². The van der Waals surface area contributed by atoms with Crippen LogP contribution in [0, 0.1) is 6.92 Å². The van der Waals surface area contributed by atoms with Crippen LogP contribution in [0.3, 0.4) is 0 Å². The number of hydrogen-bond acceptors (Lipinski definition) is 5. The molecule has 1 fully saturated rings. The van der Waals surface area contributed by atoms with Gasteiger partial charge >= 0.3 is 0 Å². The number of piperazine rings is 1. The van der Waals surface area contributed by atoms with Crippen molar-refractivity contribution in [3.8, 4) is 0 Å². The molecule has 4 aromatic rings. The molecule has 0 amide bonds. The highest BCUT2D eigenvalue weighted by Gasteiger charge is 2.21. The average molecular weight is 455 g/mol. The average Bonchev–Trinajstić information content (AvgIpc) is 2.85. The van der Waals surface area contributed by atoms with E-state index in [1.54, 1.807) is 0 Å². The fraction of sp³-hybridized carbons (Fsp3) is 0.192. The molecule has 2 heterocycles. The second-order valence-electron chi connectivity index (χ2n) is 8.14. The summed E-state index contributed by atoms with van der Waals surface area (Å²) in [6.45, 7) is 5.73. The SMILES string of the molecule is Cc1ccc(NC(=S)Nc2nc(N3CCN(c4ccccc4)CC3)c3ccccc3n2)cc1. The molecular formula is C26H26N6S. The zero-order valence-corrected chi connectivity index (χ0v) is 19.3. The summed E-state index contributed by atoms with van der Waals surface area (Å²) in [5.41, 5.74) is 4.29. The Kier molecular flexibility index (Phi) is 6.04. The van der Waals surface area contributed by atoms with E-state index < -0.39 is 0 Å². The highest BCUT2D eigenvalue weighted by atomic mass is 32.1. The maximum Gasteiger partial charge on any atom is 0.231 e. The van der Waals surface area contributed by atoms with E-state index >= 15 is 0 Å². The van der Waals surface area contributed by atoms with Crippen LogP contribution in [-0.2, 0) is 0 Å². The van der Waals surface area contributed by atoms with Gasteiger partial charge in [-0.25, -0.2) is 4.98 Å². The van der Waals surface area contributed by atoms with Gasteiger partial charge in [0.1, 0.15) is 5.82 Å². The first-order chi connectivity index (χ1) is 16.2. The van der Waals surface area contributed by atoms with Gasteiger partial charge < -0.3 is 20.4 Å². The number of nitrogens with zero attached hydrogens (tertiary/aromatic N) is 4. The van der Waals surface area contributed by atoms with Gasteiger partial charge in [0.25, 0.3) is 0 Å². The maximum absolute atomic E-state index is 5.52. The molecule has 1 aliphatic rings. The molecule has 5 rings (SSSR count). The van der Waals surface area contributed by atoms with Crippen LogP contribution in [0.25, 0.3) is 10.9 Å². The summed E-state index contributed by atoms with van der Waals surface area (Å²) in [6, 6.07) is 26.8. The maximum atomic E-state index is 5.52. The van der Waals surface area contributed by atoms with Gasteiger partial charge in [0.2, 0.25) is 5.95 Å². The fourth-order valence-electron chi connectivity index (χ4n) is 4.07. The van der Waals surface area contributed by atoms with Gasteiger partial charge in [-0.2, -0.15) is 4.98 Å². The lowest BCUT2D eigenvalue weighted by molar-refractivity contribution is 0.649. The van der Waals surface area contributed by atoms with Crippen LogP contribution in [0.15, 0.2) is 78.9 Å². The Morgan fingerprint density at radius 2 is 1.42 bits per heavy atom. The Labute approximate surface area is 199 Å². The Morgan fingerprint density at radius 3 is 2.18 bits per heavy atom. The molecule has 7 heteroatoms. The number of benzene rings is 3. The summed E-state index contributed by atoms with van der Waals surface area (Å²) in [7, 11) is 0. The topological polar surface area (TPSA) is 56.3 Å². The summed E-state index contributed by atoms with van der Waals surface area (Å²) < 4.78 is 0. The molecule has 0 aliphatic carbocycles. The summed E-state index contributed by atoms with van der Waals surface area (Å²) in [4.78, 5) is 14.3. The molecule has 0 atom stereocenters. The molecule has 1 aromatic heterocycles. The third-order valence-corrected chi connectivity index (χ3v) is 6.02. The third kappa shape index (κ3) is 4.88. The first-order valence-corrected chi connectivity index (χ1v) is 11.5. The van der Waals surface area contributed by atoms with Crippen LogP contribution >= 0.6 is 12.2 Å². The normalized spacial score (nSPS) is 13.7. The zero-order valence-electron chi connectivity index (χ0n) is 18.5. The zero-order chi connectivity index (χ0) is 22.6. The summed E-state index contributed by atoms with van der Waals surface area (Å²) in [5.74, 6) is 1.44. The van der Waals surface area contributed by atoms with Crippen molar-refractivity contribution in [3.05, 3.63) is 84.4 Å². The van der Waals surface area contributed by atoms with Crippen molar-refractivity contribution in [2.75, 3.05) is 46.6 Å². The molecule has 166 valence electrons. The highest BCUT2D eigenvalue weighted by Crippen LogP contribution is 2.27. The van der Waals surface area contributed by atoms with E-state index in [0.29, 0.717) is 11.1 Å². The molecule has 6 nitrogen and oxygen atoms in total. The molecule has 1 saturated heterocycles. The number of rotatable bonds is 4. The molecule has 3 aromatic carbocycles. The molecular weight excluding hydrogens is 428 g/mol. The minimum absolute atomic E-state index is 0.467. The Hall–Kier alpha value is -3.71.